The number of nitrogens with one attached hydrogen (secondary N) is 2. The quantitative estimate of drug-likeness (QED) is 0.772. The number of sulfonamides is 1. The van der Waals surface area contributed by atoms with E-state index in [-0.39, 0.29) is 9.92 Å². The molecule has 3 rings (SSSR count). The first-order chi connectivity index (χ1) is 12.5. The third kappa shape index (κ3) is 4.81. The number of quaternary nitrogens is 1. The van der Waals surface area contributed by atoms with Crippen molar-refractivity contribution in [1.29, 1.82) is 0 Å². The van der Waals surface area contributed by atoms with Crippen molar-refractivity contribution >= 4 is 21.6 Å². The minimum absolute atomic E-state index is 0.0539. The SMILES string of the molecule is O=S(=O)(N[C@H](C[NH+]1CCOCC1)c1ccccc1)c1ccc(F)c(Cl)c1. The van der Waals surface area contributed by atoms with Crippen LogP contribution in [-0.4, -0.2) is 41.3 Å². The molecule has 0 bridgehead atoms. The van der Waals surface area contributed by atoms with Gasteiger partial charge in [-0.3, -0.25) is 0 Å². The molecule has 0 radical (unpaired) electrons. The Morgan fingerprint density at radius 1 is 1.15 bits per heavy atom. The van der Waals surface area contributed by atoms with Gasteiger partial charge in [-0.2, -0.15) is 4.72 Å². The zero-order chi connectivity index (χ0) is 18.6. The van der Waals surface area contributed by atoms with Gasteiger partial charge in [0.1, 0.15) is 18.9 Å². The summed E-state index contributed by atoms with van der Waals surface area (Å²) in [5.74, 6) is -0.650. The number of ether oxygens (including phenoxy) is 1. The smallest absolute Gasteiger partial charge is 0.241 e. The Morgan fingerprint density at radius 2 is 1.85 bits per heavy atom. The summed E-state index contributed by atoms with van der Waals surface area (Å²) in [7, 11) is -3.84. The van der Waals surface area contributed by atoms with E-state index < -0.39 is 21.9 Å². The van der Waals surface area contributed by atoms with Gasteiger partial charge in [-0.05, 0) is 23.8 Å². The second-order valence-electron chi connectivity index (χ2n) is 6.23. The van der Waals surface area contributed by atoms with Crippen LogP contribution in [0.3, 0.4) is 0 Å². The Balaban J connectivity index is 1.85. The van der Waals surface area contributed by atoms with Crippen LogP contribution in [-0.2, 0) is 14.8 Å². The molecule has 1 fully saturated rings. The van der Waals surface area contributed by atoms with Crippen molar-refractivity contribution in [3.63, 3.8) is 0 Å². The lowest BCUT2D eigenvalue weighted by atomic mass is 10.1. The Hall–Kier alpha value is -1.51. The summed E-state index contributed by atoms with van der Waals surface area (Å²) in [6.07, 6.45) is 0. The molecule has 1 aliphatic rings. The number of rotatable bonds is 6. The fourth-order valence-corrected chi connectivity index (χ4v) is 4.46. The summed E-state index contributed by atoms with van der Waals surface area (Å²) in [4.78, 5) is 1.21. The highest BCUT2D eigenvalue weighted by Gasteiger charge is 2.27. The molecule has 2 aromatic carbocycles. The fourth-order valence-electron chi connectivity index (χ4n) is 2.97. The van der Waals surface area contributed by atoms with Gasteiger partial charge < -0.3 is 9.64 Å². The van der Waals surface area contributed by atoms with E-state index in [2.05, 4.69) is 4.72 Å². The van der Waals surface area contributed by atoms with Gasteiger partial charge in [0.05, 0.1) is 35.7 Å². The topological polar surface area (TPSA) is 59.8 Å². The molecule has 26 heavy (non-hydrogen) atoms. The third-order valence-electron chi connectivity index (χ3n) is 4.39. The molecule has 1 saturated heterocycles. The number of benzene rings is 2. The highest BCUT2D eigenvalue weighted by Crippen LogP contribution is 2.21. The van der Waals surface area contributed by atoms with Crippen molar-refractivity contribution in [2.24, 2.45) is 0 Å². The lowest BCUT2D eigenvalue weighted by Gasteiger charge is -2.28. The zero-order valence-corrected chi connectivity index (χ0v) is 15.7. The molecule has 1 aliphatic heterocycles. The standard InChI is InChI=1S/C18H20ClFN2O3S/c19-16-12-15(6-7-17(16)20)26(23,24)21-18(14-4-2-1-3-5-14)13-22-8-10-25-11-9-22/h1-7,12,18,21H,8-11,13H2/p+1/t18-/m1/s1. The highest BCUT2D eigenvalue weighted by atomic mass is 35.5. The van der Waals surface area contributed by atoms with Crippen LogP contribution in [0.1, 0.15) is 11.6 Å². The number of morpholine rings is 1. The van der Waals surface area contributed by atoms with Gasteiger partial charge >= 0.3 is 0 Å². The largest absolute Gasteiger partial charge is 0.370 e. The van der Waals surface area contributed by atoms with E-state index >= 15 is 0 Å². The molecule has 1 heterocycles. The van der Waals surface area contributed by atoms with Gasteiger partial charge in [0.2, 0.25) is 10.0 Å². The molecule has 0 saturated carbocycles. The number of halogens is 2. The van der Waals surface area contributed by atoms with Crippen molar-refractivity contribution in [2.45, 2.75) is 10.9 Å². The Labute approximate surface area is 157 Å². The van der Waals surface area contributed by atoms with Gasteiger partial charge in [-0.25, -0.2) is 12.8 Å². The van der Waals surface area contributed by atoms with E-state index in [0.29, 0.717) is 19.8 Å². The van der Waals surface area contributed by atoms with Crippen LogP contribution in [0.5, 0.6) is 0 Å². The summed E-state index contributed by atoms with van der Waals surface area (Å²) >= 11 is 5.74. The lowest BCUT2D eigenvalue weighted by molar-refractivity contribution is -0.909. The average molecular weight is 400 g/mol. The van der Waals surface area contributed by atoms with Crippen LogP contribution >= 0.6 is 11.6 Å². The molecule has 0 amide bonds. The lowest BCUT2D eigenvalue weighted by Crippen LogP contribution is -3.14. The van der Waals surface area contributed by atoms with Crippen molar-refractivity contribution < 1.29 is 22.4 Å². The van der Waals surface area contributed by atoms with E-state index in [1.54, 1.807) is 0 Å². The van der Waals surface area contributed by atoms with Crippen molar-refractivity contribution in [3.05, 3.63) is 64.9 Å². The molecule has 2 N–H and O–H groups in total. The molecule has 2 aromatic rings. The Bertz CT molecular complexity index is 843. The summed E-state index contributed by atoms with van der Waals surface area (Å²) in [6, 6.07) is 12.4. The monoisotopic (exact) mass is 399 g/mol. The van der Waals surface area contributed by atoms with Crippen LogP contribution in [0.4, 0.5) is 4.39 Å². The van der Waals surface area contributed by atoms with Gasteiger partial charge in [0.25, 0.3) is 0 Å². The predicted molar refractivity (Wildman–Crippen MR) is 97.3 cm³/mol. The van der Waals surface area contributed by atoms with E-state index in [1.807, 2.05) is 30.3 Å². The molecule has 8 heteroatoms. The van der Waals surface area contributed by atoms with Gasteiger partial charge in [0.15, 0.2) is 0 Å². The maximum Gasteiger partial charge on any atom is 0.241 e. The van der Waals surface area contributed by atoms with Gasteiger partial charge in [-0.1, -0.05) is 41.9 Å². The molecule has 5 nitrogen and oxygen atoms in total. The predicted octanol–water partition coefficient (Wildman–Crippen LogP) is 1.41. The summed E-state index contributed by atoms with van der Waals surface area (Å²) in [6.45, 7) is 3.58. The summed E-state index contributed by atoms with van der Waals surface area (Å²) < 4.78 is 47.1. The maximum atomic E-state index is 13.4. The summed E-state index contributed by atoms with van der Waals surface area (Å²) in [5.41, 5.74) is 0.878. The first-order valence-electron chi connectivity index (χ1n) is 8.39. The minimum Gasteiger partial charge on any atom is -0.370 e. The molecule has 0 aliphatic carbocycles. The molecular weight excluding hydrogens is 379 g/mol. The average Bonchev–Trinajstić information content (AvgIpc) is 2.65. The van der Waals surface area contributed by atoms with Crippen molar-refractivity contribution in [2.75, 3.05) is 32.8 Å². The Kier molecular flexibility index (Phi) is 6.26. The molecule has 0 spiro atoms. The molecule has 1 atom stereocenters. The van der Waals surface area contributed by atoms with Crippen LogP contribution < -0.4 is 9.62 Å². The fraction of sp³-hybridized carbons (Fsp3) is 0.333. The summed E-state index contributed by atoms with van der Waals surface area (Å²) in [5, 5.41) is -0.219. The zero-order valence-electron chi connectivity index (χ0n) is 14.1. The van der Waals surface area contributed by atoms with Crippen molar-refractivity contribution in [3.8, 4) is 0 Å². The minimum atomic E-state index is -3.84. The van der Waals surface area contributed by atoms with Gasteiger partial charge in [-0.15, -0.1) is 0 Å². The third-order valence-corrected chi connectivity index (χ3v) is 6.15. The molecular formula is C18H21ClFN2O3S+. The van der Waals surface area contributed by atoms with Crippen molar-refractivity contribution in [1.82, 2.24) is 4.72 Å². The highest BCUT2D eigenvalue weighted by molar-refractivity contribution is 7.89. The van der Waals surface area contributed by atoms with Crippen LogP contribution in [0.25, 0.3) is 0 Å². The second-order valence-corrected chi connectivity index (χ2v) is 8.35. The van der Waals surface area contributed by atoms with E-state index in [0.717, 1.165) is 30.8 Å². The first kappa shape index (κ1) is 19.3. The van der Waals surface area contributed by atoms with Crippen LogP contribution in [0.15, 0.2) is 53.4 Å². The maximum absolute atomic E-state index is 13.4. The normalized spacial score (nSPS) is 17.2. The Morgan fingerprint density at radius 3 is 2.50 bits per heavy atom. The molecule has 140 valence electrons. The van der Waals surface area contributed by atoms with Gasteiger partial charge in [0, 0.05) is 0 Å². The number of hydrogen-bond acceptors (Lipinski definition) is 3. The van der Waals surface area contributed by atoms with Crippen LogP contribution in [0.2, 0.25) is 5.02 Å². The second kappa shape index (κ2) is 8.45. The van der Waals surface area contributed by atoms with E-state index in [1.165, 1.54) is 11.0 Å². The van der Waals surface area contributed by atoms with E-state index in [4.69, 9.17) is 16.3 Å². The number of hydrogen-bond donors (Lipinski definition) is 2. The van der Waals surface area contributed by atoms with Crippen LogP contribution in [0, 0.1) is 5.82 Å². The first-order valence-corrected chi connectivity index (χ1v) is 10.3. The van der Waals surface area contributed by atoms with E-state index in [9.17, 15) is 12.8 Å². The molecule has 0 unspecified atom stereocenters. The molecule has 0 aromatic heterocycles.